The topological polar surface area (TPSA) is 54.5 Å². The number of hydrogen-bond donors (Lipinski definition) is 0. The largest absolute Gasteiger partial charge is 0.462 e. The molecular weight excluding hydrogens is 296 g/mol. The van der Waals surface area contributed by atoms with Crippen LogP contribution in [0.2, 0.25) is 0 Å². The Morgan fingerprint density at radius 3 is 2.94 bits per heavy atom. The zero-order valence-corrected chi connectivity index (χ0v) is 11.4. The molecule has 0 unspecified atom stereocenters. The Balaban J connectivity index is 2.61. The zero-order chi connectivity index (χ0) is 13.1. The van der Waals surface area contributed by atoms with Crippen molar-refractivity contribution in [3.8, 4) is 6.07 Å². The van der Waals surface area contributed by atoms with Gasteiger partial charge in [0.15, 0.2) is 0 Å². The van der Waals surface area contributed by atoms with E-state index in [9.17, 15) is 4.79 Å². The second kappa shape index (κ2) is 5.23. The van der Waals surface area contributed by atoms with E-state index in [0.717, 1.165) is 9.99 Å². The summed E-state index contributed by atoms with van der Waals surface area (Å²) in [5.41, 5.74) is 2.02. The van der Waals surface area contributed by atoms with Gasteiger partial charge in [-0.15, -0.1) is 0 Å². The lowest BCUT2D eigenvalue weighted by molar-refractivity contribution is 0.0525. The minimum absolute atomic E-state index is 0.187. The zero-order valence-electron chi connectivity index (χ0n) is 9.81. The molecule has 0 saturated carbocycles. The molecule has 0 aromatic carbocycles. The van der Waals surface area contributed by atoms with E-state index in [1.54, 1.807) is 13.1 Å². The maximum absolute atomic E-state index is 11.8. The van der Waals surface area contributed by atoms with Gasteiger partial charge in [0.05, 0.1) is 30.2 Å². The lowest BCUT2D eigenvalue weighted by Gasteiger charge is -2.00. The van der Waals surface area contributed by atoms with Gasteiger partial charge in [-0.25, -0.2) is 4.79 Å². The number of ether oxygens (including phenoxy) is 1. The number of halogens is 1. The molecule has 0 aliphatic heterocycles. The Hall–Kier alpha value is -1.80. The molecule has 0 radical (unpaired) electrons. The van der Waals surface area contributed by atoms with Crippen LogP contribution in [0.1, 0.15) is 22.8 Å². The van der Waals surface area contributed by atoms with Crippen molar-refractivity contribution in [3.63, 3.8) is 0 Å². The lowest BCUT2D eigenvalue weighted by atomic mass is 10.1. The fraction of sp³-hybridized carbons (Fsp3) is 0.231. The normalized spacial score (nSPS) is 10.3. The summed E-state index contributed by atoms with van der Waals surface area (Å²) in [5, 5.41) is 8.87. The molecular formula is C13H11BrN2O2. The molecule has 0 N–H and O–H groups in total. The van der Waals surface area contributed by atoms with Crippen LogP contribution in [0.15, 0.2) is 29.0 Å². The number of hydrogen-bond acceptors (Lipinski definition) is 3. The number of carbonyl (C=O) groups is 1. The number of nitrogens with zero attached hydrogens (tertiary/aromatic N) is 2. The third-order valence-electron chi connectivity index (χ3n) is 2.59. The van der Waals surface area contributed by atoms with Gasteiger partial charge in [0, 0.05) is 22.4 Å². The summed E-state index contributed by atoms with van der Waals surface area (Å²) in [6, 6.07) is 5.84. The second-order valence-corrected chi connectivity index (χ2v) is 4.63. The molecule has 5 heteroatoms. The van der Waals surface area contributed by atoms with Crippen LogP contribution in [0.25, 0.3) is 5.52 Å². The average Bonchev–Trinajstić information content (AvgIpc) is 2.68. The summed E-state index contributed by atoms with van der Waals surface area (Å²) < 4.78 is 7.73. The predicted octanol–water partition coefficient (Wildman–Crippen LogP) is 2.94. The molecule has 2 aromatic rings. The first-order chi connectivity index (χ1) is 8.67. The van der Waals surface area contributed by atoms with Gasteiger partial charge < -0.3 is 9.14 Å². The van der Waals surface area contributed by atoms with Gasteiger partial charge in [-0.05, 0) is 35.0 Å². The molecule has 0 spiro atoms. The molecule has 2 aromatic heterocycles. The molecule has 92 valence electrons. The Kier molecular flexibility index (Phi) is 3.68. The van der Waals surface area contributed by atoms with Gasteiger partial charge in [-0.3, -0.25) is 0 Å². The van der Waals surface area contributed by atoms with Crippen LogP contribution >= 0.6 is 15.9 Å². The van der Waals surface area contributed by atoms with E-state index in [4.69, 9.17) is 10.00 Å². The first-order valence-corrected chi connectivity index (χ1v) is 6.29. The molecule has 0 bridgehead atoms. The van der Waals surface area contributed by atoms with Crippen LogP contribution in [0.3, 0.4) is 0 Å². The van der Waals surface area contributed by atoms with Crippen LogP contribution in [0, 0.1) is 11.3 Å². The second-order valence-electron chi connectivity index (χ2n) is 3.72. The van der Waals surface area contributed by atoms with Gasteiger partial charge in [-0.1, -0.05) is 0 Å². The van der Waals surface area contributed by atoms with Crippen molar-refractivity contribution in [2.45, 2.75) is 13.3 Å². The Labute approximate surface area is 113 Å². The number of rotatable bonds is 3. The monoisotopic (exact) mass is 306 g/mol. The molecule has 0 aliphatic carbocycles. The van der Waals surface area contributed by atoms with Crippen molar-refractivity contribution in [2.24, 2.45) is 0 Å². The number of pyridine rings is 1. The van der Waals surface area contributed by atoms with E-state index in [-0.39, 0.29) is 12.4 Å². The molecule has 0 fully saturated rings. The maximum Gasteiger partial charge on any atom is 0.340 e. The summed E-state index contributed by atoms with van der Waals surface area (Å²) in [4.78, 5) is 11.8. The van der Waals surface area contributed by atoms with Crippen LogP contribution in [0.5, 0.6) is 0 Å². The number of carbonyl (C=O) groups excluding carboxylic acids is 1. The number of fused-ring (bicyclic) bond motifs is 1. The van der Waals surface area contributed by atoms with Gasteiger partial charge in [-0.2, -0.15) is 5.26 Å². The summed E-state index contributed by atoms with van der Waals surface area (Å²) in [6.45, 7) is 2.08. The molecule has 18 heavy (non-hydrogen) atoms. The lowest BCUT2D eigenvalue weighted by Crippen LogP contribution is -2.05. The molecule has 0 amide bonds. The molecule has 2 heterocycles. The van der Waals surface area contributed by atoms with E-state index in [1.165, 1.54) is 0 Å². The SMILES string of the molecule is CCOC(=O)c1cn2cc(Br)ccc2c1CC#N. The van der Waals surface area contributed by atoms with Crippen molar-refractivity contribution < 1.29 is 9.53 Å². The van der Waals surface area contributed by atoms with Gasteiger partial charge >= 0.3 is 5.97 Å². The standard InChI is InChI=1S/C13H11BrN2O2/c1-2-18-13(17)11-8-16-7-9(14)3-4-12(16)10(11)5-6-15/h3-4,7-8H,2,5H2,1H3. The summed E-state index contributed by atoms with van der Waals surface area (Å²) >= 11 is 3.37. The van der Waals surface area contributed by atoms with Gasteiger partial charge in [0.1, 0.15) is 0 Å². The van der Waals surface area contributed by atoms with Crippen LogP contribution in [0.4, 0.5) is 0 Å². The highest BCUT2D eigenvalue weighted by atomic mass is 79.9. The van der Waals surface area contributed by atoms with Crippen molar-refractivity contribution in [1.29, 1.82) is 5.26 Å². The van der Waals surface area contributed by atoms with Crippen molar-refractivity contribution in [3.05, 3.63) is 40.1 Å². The highest BCUT2D eigenvalue weighted by molar-refractivity contribution is 9.10. The molecule has 0 atom stereocenters. The first-order valence-electron chi connectivity index (χ1n) is 5.50. The van der Waals surface area contributed by atoms with Crippen LogP contribution in [-0.4, -0.2) is 17.0 Å². The fourth-order valence-electron chi connectivity index (χ4n) is 1.86. The van der Waals surface area contributed by atoms with Crippen LogP contribution in [-0.2, 0) is 11.2 Å². The highest BCUT2D eigenvalue weighted by Gasteiger charge is 2.17. The summed E-state index contributed by atoms with van der Waals surface area (Å²) in [7, 11) is 0. The fourth-order valence-corrected chi connectivity index (χ4v) is 2.21. The third-order valence-corrected chi connectivity index (χ3v) is 3.06. The quantitative estimate of drug-likeness (QED) is 0.819. The Morgan fingerprint density at radius 2 is 2.28 bits per heavy atom. The number of nitriles is 1. The minimum atomic E-state index is -0.387. The van der Waals surface area contributed by atoms with E-state index < -0.39 is 0 Å². The average molecular weight is 307 g/mol. The van der Waals surface area contributed by atoms with Crippen molar-refractivity contribution in [2.75, 3.05) is 6.61 Å². The minimum Gasteiger partial charge on any atom is -0.462 e. The van der Waals surface area contributed by atoms with Crippen molar-refractivity contribution in [1.82, 2.24) is 4.40 Å². The van der Waals surface area contributed by atoms with E-state index in [2.05, 4.69) is 22.0 Å². The van der Waals surface area contributed by atoms with Gasteiger partial charge in [0.2, 0.25) is 0 Å². The van der Waals surface area contributed by atoms with Crippen LogP contribution < -0.4 is 0 Å². The smallest absolute Gasteiger partial charge is 0.340 e. The summed E-state index contributed by atoms with van der Waals surface area (Å²) in [5.74, 6) is -0.387. The summed E-state index contributed by atoms with van der Waals surface area (Å²) in [6.07, 6.45) is 3.73. The van der Waals surface area contributed by atoms with E-state index in [1.807, 2.05) is 22.7 Å². The number of aromatic nitrogens is 1. The Morgan fingerprint density at radius 1 is 1.50 bits per heavy atom. The molecule has 4 nitrogen and oxygen atoms in total. The molecule has 2 rings (SSSR count). The van der Waals surface area contributed by atoms with Gasteiger partial charge in [0.25, 0.3) is 0 Å². The molecule has 0 saturated heterocycles. The molecule has 0 aliphatic rings. The van der Waals surface area contributed by atoms with E-state index in [0.29, 0.717) is 17.7 Å². The highest BCUT2D eigenvalue weighted by Crippen LogP contribution is 2.22. The first kappa shape index (κ1) is 12.7. The predicted molar refractivity (Wildman–Crippen MR) is 70.4 cm³/mol. The third kappa shape index (κ3) is 2.24. The van der Waals surface area contributed by atoms with Crippen molar-refractivity contribution >= 4 is 27.4 Å². The van der Waals surface area contributed by atoms with E-state index >= 15 is 0 Å². The maximum atomic E-state index is 11.8. The Bertz CT molecular complexity index is 640. The number of esters is 1.